The Morgan fingerprint density at radius 3 is 2.93 bits per heavy atom. The summed E-state index contributed by atoms with van der Waals surface area (Å²) < 4.78 is 10.8. The van der Waals surface area contributed by atoms with Gasteiger partial charge in [-0.2, -0.15) is 11.3 Å². The van der Waals surface area contributed by atoms with E-state index in [4.69, 9.17) is 9.15 Å². The van der Waals surface area contributed by atoms with Crippen molar-refractivity contribution in [2.45, 2.75) is 20.0 Å². The van der Waals surface area contributed by atoms with Gasteiger partial charge in [0.15, 0.2) is 6.61 Å². The molecule has 6 nitrogen and oxygen atoms in total. The zero-order valence-electron chi connectivity index (χ0n) is 14.4. The smallest absolute Gasteiger partial charge is 0.312 e. The largest absolute Gasteiger partial charge is 0.455 e. The molecule has 0 aliphatic carbocycles. The van der Waals surface area contributed by atoms with Gasteiger partial charge in [0.25, 0.3) is 5.89 Å². The van der Waals surface area contributed by atoms with E-state index in [2.05, 4.69) is 15.2 Å². The molecule has 0 atom stereocenters. The van der Waals surface area contributed by atoms with Gasteiger partial charge in [0.05, 0.1) is 12.1 Å². The van der Waals surface area contributed by atoms with Crippen LogP contribution in [0.5, 0.6) is 0 Å². The first kappa shape index (κ1) is 17.6. The Balaban J connectivity index is 1.33. The molecule has 0 saturated carbocycles. The lowest BCUT2D eigenvalue weighted by molar-refractivity contribution is -0.144. The molecule has 0 spiro atoms. The van der Waals surface area contributed by atoms with Crippen LogP contribution in [-0.2, 0) is 22.6 Å². The molecule has 8 heteroatoms. The van der Waals surface area contributed by atoms with E-state index in [1.165, 1.54) is 11.3 Å². The number of esters is 1. The Morgan fingerprint density at radius 2 is 2.11 bits per heavy atom. The van der Waals surface area contributed by atoms with Gasteiger partial charge >= 0.3 is 5.97 Å². The predicted molar refractivity (Wildman–Crippen MR) is 103 cm³/mol. The summed E-state index contributed by atoms with van der Waals surface area (Å²) in [5.41, 5.74) is 3.70. The molecule has 0 aliphatic heterocycles. The van der Waals surface area contributed by atoms with Crippen LogP contribution in [-0.4, -0.2) is 21.2 Å². The molecule has 0 fully saturated rings. The van der Waals surface area contributed by atoms with E-state index >= 15 is 0 Å². The summed E-state index contributed by atoms with van der Waals surface area (Å²) in [6.45, 7) is 1.93. The molecule has 4 aromatic rings. The molecular formula is C19H15N3O3S2. The monoisotopic (exact) mass is 397 g/mol. The third kappa shape index (κ3) is 4.29. The molecule has 0 bridgehead atoms. The van der Waals surface area contributed by atoms with Crippen molar-refractivity contribution < 1.29 is 13.9 Å². The number of rotatable bonds is 6. The van der Waals surface area contributed by atoms with Crippen LogP contribution < -0.4 is 0 Å². The quantitative estimate of drug-likeness (QED) is 0.445. The molecule has 136 valence electrons. The van der Waals surface area contributed by atoms with Gasteiger partial charge in [-0.1, -0.05) is 17.7 Å². The highest BCUT2D eigenvalue weighted by Gasteiger charge is 2.13. The number of thiazole rings is 1. The summed E-state index contributed by atoms with van der Waals surface area (Å²) in [4.78, 5) is 16.5. The van der Waals surface area contributed by atoms with Gasteiger partial charge in [0.1, 0.15) is 5.01 Å². The SMILES string of the molecule is Cc1cccc(-c2nnc(COC(=O)Cc3csc(-c4ccsc4)n3)o2)c1. The minimum atomic E-state index is -0.382. The summed E-state index contributed by atoms with van der Waals surface area (Å²) in [5.74, 6) is 0.286. The normalized spacial score (nSPS) is 10.9. The average Bonchev–Trinajstić information content (AvgIpc) is 3.41. The Labute approximate surface area is 163 Å². The number of aromatic nitrogens is 3. The van der Waals surface area contributed by atoms with Crippen molar-refractivity contribution in [3.63, 3.8) is 0 Å². The highest BCUT2D eigenvalue weighted by Crippen LogP contribution is 2.26. The van der Waals surface area contributed by atoms with Crippen LogP contribution in [0.25, 0.3) is 22.0 Å². The number of carbonyl (C=O) groups excluding carboxylic acids is 1. The molecule has 0 amide bonds. The maximum absolute atomic E-state index is 12.1. The maximum atomic E-state index is 12.1. The third-order valence-corrected chi connectivity index (χ3v) is 5.36. The summed E-state index contributed by atoms with van der Waals surface area (Å²) in [5, 5.41) is 14.7. The number of ether oxygens (including phenoxy) is 1. The van der Waals surface area contributed by atoms with Crippen molar-refractivity contribution in [2.75, 3.05) is 0 Å². The molecule has 3 aromatic heterocycles. The van der Waals surface area contributed by atoms with E-state index < -0.39 is 0 Å². The Hall–Kier alpha value is -2.84. The van der Waals surface area contributed by atoms with Gasteiger partial charge in [-0.05, 0) is 30.5 Å². The lowest BCUT2D eigenvalue weighted by atomic mass is 10.1. The van der Waals surface area contributed by atoms with E-state index in [-0.39, 0.29) is 24.9 Å². The second kappa shape index (κ2) is 7.81. The van der Waals surface area contributed by atoms with E-state index in [0.29, 0.717) is 11.6 Å². The van der Waals surface area contributed by atoms with E-state index in [1.807, 2.05) is 53.4 Å². The van der Waals surface area contributed by atoms with Crippen molar-refractivity contribution in [3.8, 4) is 22.0 Å². The first-order valence-corrected chi connectivity index (χ1v) is 10.0. The first-order chi connectivity index (χ1) is 13.2. The van der Waals surface area contributed by atoms with Gasteiger partial charge in [0.2, 0.25) is 5.89 Å². The highest BCUT2D eigenvalue weighted by molar-refractivity contribution is 7.14. The molecule has 1 aromatic carbocycles. The van der Waals surface area contributed by atoms with E-state index in [1.54, 1.807) is 11.3 Å². The molecule has 27 heavy (non-hydrogen) atoms. The van der Waals surface area contributed by atoms with Gasteiger partial charge in [-0.15, -0.1) is 21.5 Å². The zero-order chi connectivity index (χ0) is 18.6. The number of aryl methyl sites for hydroxylation is 1. The van der Waals surface area contributed by atoms with Crippen LogP contribution >= 0.6 is 22.7 Å². The first-order valence-electron chi connectivity index (χ1n) is 8.19. The lowest BCUT2D eigenvalue weighted by Gasteiger charge is -2.00. The van der Waals surface area contributed by atoms with Crippen molar-refractivity contribution in [3.05, 3.63) is 63.6 Å². The highest BCUT2D eigenvalue weighted by atomic mass is 32.1. The predicted octanol–water partition coefficient (Wildman–Crippen LogP) is 4.52. The second-order valence-electron chi connectivity index (χ2n) is 5.86. The van der Waals surface area contributed by atoms with E-state index in [0.717, 1.165) is 21.7 Å². The summed E-state index contributed by atoms with van der Waals surface area (Å²) in [6.07, 6.45) is 0.111. The van der Waals surface area contributed by atoms with Crippen molar-refractivity contribution >= 4 is 28.6 Å². The maximum Gasteiger partial charge on any atom is 0.312 e. The Bertz CT molecular complexity index is 1050. The van der Waals surface area contributed by atoms with Gasteiger partial charge < -0.3 is 9.15 Å². The molecule has 0 aliphatic rings. The number of thiophene rings is 1. The number of hydrogen-bond acceptors (Lipinski definition) is 8. The number of hydrogen-bond donors (Lipinski definition) is 0. The summed E-state index contributed by atoms with van der Waals surface area (Å²) in [7, 11) is 0. The van der Waals surface area contributed by atoms with Gasteiger partial charge in [-0.25, -0.2) is 4.98 Å². The molecule has 0 radical (unpaired) electrons. The van der Waals surface area contributed by atoms with Crippen LogP contribution in [0.2, 0.25) is 0 Å². The Morgan fingerprint density at radius 1 is 1.19 bits per heavy atom. The minimum absolute atomic E-state index is 0.0564. The standard InChI is InChI=1S/C19H15N3O3S2/c1-12-3-2-4-13(7-12)18-22-21-16(25-18)9-24-17(23)8-15-11-27-19(20-15)14-5-6-26-10-14/h2-7,10-11H,8-9H2,1H3. The lowest BCUT2D eigenvalue weighted by Crippen LogP contribution is -2.08. The van der Waals surface area contributed by atoms with Crippen molar-refractivity contribution in [2.24, 2.45) is 0 Å². The number of carbonyl (C=O) groups is 1. The molecule has 0 unspecified atom stereocenters. The fourth-order valence-corrected chi connectivity index (χ4v) is 3.99. The zero-order valence-corrected chi connectivity index (χ0v) is 16.0. The van der Waals surface area contributed by atoms with Crippen molar-refractivity contribution in [1.82, 2.24) is 15.2 Å². The van der Waals surface area contributed by atoms with Gasteiger partial charge in [-0.3, -0.25) is 4.79 Å². The minimum Gasteiger partial charge on any atom is -0.455 e. The fraction of sp³-hybridized carbons (Fsp3) is 0.158. The second-order valence-corrected chi connectivity index (χ2v) is 7.50. The summed E-state index contributed by atoms with van der Waals surface area (Å²) >= 11 is 3.13. The van der Waals surface area contributed by atoms with E-state index in [9.17, 15) is 4.79 Å². The summed E-state index contributed by atoms with van der Waals surface area (Å²) in [6, 6.07) is 9.77. The molecule has 0 saturated heterocycles. The molecule has 3 heterocycles. The average molecular weight is 397 g/mol. The van der Waals surface area contributed by atoms with Crippen molar-refractivity contribution in [1.29, 1.82) is 0 Å². The van der Waals surface area contributed by atoms with Crippen LogP contribution in [0.3, 0.4) is 0 Å². The van der Waals surface area contributed by atoms with Crippen LogP contribution in [0.4, 0.5) is 0 Å². The van der Waals surface area contributed by atoms with Gasteiger partial charge in [0, 0.05) is 21.9 Å². The number of benzene rings is 1. The Kier molecular flexibility index (Phi) is 5.08. The fourth-order valence-electron chi connectivity index (χ4n) is 2.45. The molecule has 0 N–H and O–H groups in total. The van der Waals surface area contributed by atoms with Crippen LogP contribution in [0.1, 0.15) is 17.1 Å². The third-order valence-electron chi connectivity index (χ3n) is 3.73. The molecular weight excluding hydrogens is 382 g/mol. The molecule has 4 rings (SSSR count). The van der Waals surface area contributed by atoms with Crippen LogP contribution in [0, 0.1) is 6.92 Å². The topological polar surface area (TPSA) is 78.1 Å². The number of nitrogens with zero attached hydrogens (tertiary/aromatic N) is 3. The van der Waals surface area contributed by atoms with Crippen LogP contribution in [0.15, 0.2) is 50.9 Å².